The molecule has 0 saturated carbocycles. The second kappa shape index (κ2) is 8.14. The molecule has 1 fully saturated rings. The fourth-order valence-electron chi connectivity index (χ4n) is 5.25. The molecule has 1 aromatic heterocycles. The number of hydrogen-bond donors (Lipinski definition) is 1. The number of carbonyl (C=O) groups is 2. The number of hydrogen-bond acceptors (Lipinski definition) is 4. The second-order valence-corrected chi connectivity index (χ2v) is 8.82. The van der Waals surface area contributed by atoms with Crippen molar-refractivity contribution in [3.8, 4) is 11.5 Å². The number of para-hydroxylation sites is 1. The van der Waals surface area contributed by atoms with Crippen molar-refractivity contribution < 1.29 is 19.1 Å². The normalized spacial score (nSPS) is 21.1. The summed E-state index contributed by atoms with van der Waals surface area (Å²) < 4.78 is 11.1. The summed E-state index contributed by atoms with van der Waals surface area (Å²) in [7, 11) is 3.22. The highest BCUT2D eigenvalue weighted by Crippen LogP contribution is 2.45. The quantitative estimate of drug-likeness (QED) is 0.648. The van der Waals surface area contributed by atoms with E-state index in [9.17, 15) is 9.59 Å². The van der Waals surface area contributed by atoms with E-state index in [4.69, 9.17) is 9.47 Å². The van der Waals surface area contributed by atoms with Crippen LogP contribution in [0.15, 0.2) is 42.5 Å². The minimum Gasteiger partial charge on any atom is -0.497 e. The number of rotatable bonds is 5. The zero-order valence-electron chi connectivity index (χ0n) is 19.4. The Morgan fingerprint density at radius 2 is 1.91 bits per heavy atom. The van der Waals surface area contributed by atoms with Crippen molar-refractivity contribution in [2.75, 3.05) is 20.8 Å². The second-order valence-electron chi connectivity index (χ2n) is 8.82. The summed E-state index contributed by atoms with van der Waals surface area (Å²) in [4.78, 5) is 34.3. The monoisotopic (exact) mass is 447 g/mol. The molecule has 0 radical (unpaired) electrons. The molecule has 3 atom stereocenters. The third kappa shape index (κ3) is 3.25. The van der Waals surface area contributed by atoms with Gasteiger partial charge in [-0.2, -0.15) is 0 Å². The van der Waals surface area contributed by atoms with Crippen LogP contribution < -0.4 is 9.47 Å². The summed E-state index contributed by atoms with van der Waals surface area (Å²) in [6.45, 7) is 4.14. The number of fused-ring (bicyclic) bond motifs is 4. The van der Waals surface area contributed by atoms with Gasteiger partial charge in [0.1, 0.15) is 30.1 Å². The standard InChI is InChI=1S/C26H29N3O4/c1-5-15(2)28-14-23(30)29-21(26(28)31)13-19-17-8-6-7-9-20(17)27-24(19)25(29)18-11-10-16(32-3)12-22(18)33-4/h6-12,15,21,25,27H,5,13-14H2,1-4H3/t15-,21+,25-/m1/s1. The molecule has 0 aliphatic carbocycles. The maximum Gasteiger partial charge on any atom is 0.246 e. The molecule has 3 aromatic rings. The lowest BCUT2D eigenvalue weighted by Gasteiger charge is -2.48. The van der Waals surface area contributed by atoms with E-state index in [0.29, 0.717) is 17.9 Å². The van der Waals surface area contributed by atoms with Gasteiger partial charge in [-0.25, -0.2) is 0 Å². The number of aromatic amines is 1. The maximum absolute atomic E-state index is 13.7. The first-order chi connectivity index (χ1) is 16.0. The van der Waals surface area contributed by atoms with Gasteiger partial charge in [0.15, 0.2) is 0 Å². The van der Waals surface area contributed by atoms with Crippen molar-refractivity contribution in [2.24, 2.45) is 0 Å². The fourth-order valence-corrected chi connectivity index (χ4v) is 5.25. The summed E-state index contributed by atoms with van der Waals surface area (Å²) in [6.07, 6.45) is 1.30. The van der Waals surface area contributed by atoms with Crippen LogP contribution in [0.1, 0.15) is 43.1 Å². The van der Waals surface area contributed by atoms with E-state index in [1.807, 2.05) is 50.2 Å². The van der Waals surface area contributed by atoms with Crippen molar-refractivity contribution in [1.82, 2.24) is 14.8 Å². The van der Waals surface area contributed by atoms with Gasteiger partial charge in [-0.3, -0.25) is 9.59 Å². The highest BCUT2D eigenvalue weighted by molar-refractivity contribution is 5.98. The first-order valence-corrected chi connectivity index (χ1v) is 11.4. The van der Waals surface area contributed by atoms with Crippen molar-refractivity contribution >= 4 is 22.7 Å². The van der Waals surface area contributed by atoms with Gasteiger partial charge in [0, 0.05) is 40.7 Å². The van der Waals surface area contributed by atoms with Crippen molar-refractivity contribution in [1.29, 1.82) is 0 Å². The van der Waals surface area contributed by atoms with E-state index in [2.05, 4.69) is 11.1 Å². The molecule has 172 valence electrons. The molecule has 0 bridgehead atoms. The zero-order valence-corrected chi connectivity index (χ0v) is 19.4. The van der Waals surface area contributed by atoms with E-state index in [1.54, 1.807) is 24.0 Å². The largest absolute Gasteiger partial charge is 0.497 e. The van der Waals surface area contributed by atoms with Crippen LogP contribution in [0.3, 0.4) is 0 Å². The summed E-state index contributed by atoms with van der Waals surface area (Å²) in [5.74, 6) is 1.25. The van der Waals surface area contributed by atoms with Crippen LogP contribution in [0.25, 0.3) is 10.9 Å². The molecule has 5 rings (SSSR count). The first-order valence-electron chi connectivity index (χ1n) is 11.4. The molecule has 7 nitrogen and oxygen atoms in total. The molecule has 2 aliphatic rings. The van der Waals surface area contributed by atoms with Crippen LogP contribution in [-0.4, -0.2) is 59.4 Å². The van der Waals surface area contributed by atoms with Gasteiger partial charge in [-0.05, 0) is 37.1 Å². The average Bonchev–Trinajstić information content (AvgIpc) is 3.22. The smallest absolute Gasteiger partial charge is 0.246 e. The fraction of sp³-hybridized carbons (Fsp3) is 0.385. The van der Waals surface area contributed by atoms with E-state index in [0.717, 1.165) is 34.1 Å². The van der Waals surface area contributed by atoms with E-state index in [-0.39, 0.29) is 24.4 Å². The summed E-state index contributed by atoms with van der Waals surface area (Å²) in [5, 5.41) is 1.09. The summed E-state index contributed by atoms with van der Waals surface area (Å²) in [6, 6.07) is 12.7. The Hall–Kier alpha value is -3.48. The Bertz CT molecular complexity index is 1230. The number of nitrogens with zero attached hydrogens (tertiary/aromatic N) is 2. The first kappa shape index (κ1) is 21.4. The van der Waals surface area contributed by atoms with Gasteiger partial charge in [0.25, 0.3) is 0 Å². The third-order valence-corrected chi connectivity index (χ3v) is 7.15. The number of H-pyrrole nitrogens is 1. The lowest BCUT2D eigenvalue weighted by atomic mass is 9.85. The van der Waals surface area contributed by atoms with Crippen LogP contribution in [0, 0.1) is 0 Å². The Kier molecular flexibility index (Phi) is 5.27. The van der Waals surface area contributed by atoms with Crippen LogP contribution in [0.5, 0.6) is 11.5 Å². The van der Waals surface area contributed by atoms with Crippen molar-refractivity contribution in [3.05, 3.63) is 59.3 Å². The van der Waals surface area contributed by atoms with Gasteiger partial charge in [0.2, 0.25) is 11.8 Å². The molecular weight excluding hydrogens is 418 g/mol. The van der Waals surface area contributed by atoms with Crippen LogP contribution >= 0.6 is 0 Å². The van der Waals surface area contributed by atoms with Crippen LogP contribution in [0.2, 0.25) is 0 Å². The zero-order chi connectivity index (χ0) is 23.3. The number of amides is 2. The van der Waals surface area contributed by atoms with E-state index < -0.39 is 12.1 Å². The minimum absolute atomic E-state index is 0.0114. The predicted molar refractivity (Wildman–Crippen MR) is 125 cm³/mol. The van der Waals surface area contributed by atoms with E-state index in [1.165, 1.54) is 0 Å². The van der Waals surface area contributed by atoms with Gasteiger partial charge < -0.3 is 24.3 Å². The molecule has 1 N–H and O–H groups in total. The van der Waals surface area contributed by atoms with Gasteiger partial charge in [-0.1, -0.05) is 25.1 Å². The molecule has 3 heterocycles. The lowest BCUT2D eigenvalue weighted by Crippen LogP contribution is -2.64. The number of piperazine rings is 1. The molecule has 2 amide bonds. The molecule has 2 aliphatic heterocycles. The number of benzene rings is 2. The summed E-state index contributed by atoms with van der Waals surface area (Å²) >= 11 is 0. The van der Waals surface area contributed by atoms with Crippen LogP contribution in [0.4, 0.5) is 0 Å². The summed E-state index contributed by atoms with van der Waals surface area (Å²) in [5.41, 5.74) is 3.85. The van der Waals surface area contributed by atoms with E-state index >= 15 is 0 Å². The Balaban J connectivity index is 1.72. The Labute approximate surface area is 193 Å². The SMILES string of the molecule is CC[C@@H](C)N1CC(=O)N2[C@H](c3ccc(OC)cc3OC)c3[nH]c4ccccc4c3C[C@H]2C1=O. The highest BCUT2D eigenvalue weighted by atomic mass is 16.5. The third-order valence-electron chi connectivity index (χ3n) is 7.15. The molecule has 0 unspecified atom stereocenters. The average molecular weight is 448 g/mol. The number of aromatic nitrogens is 1. The molecule has 7 heteroatoms. The number of nitrogens with one attached hydrogen (secondary N) is 1. The van der Waals surface area contributed by atoms with Crippen LogP contribution in [-0.2, 0) is 16.0 Å². The number of ether oxygens (including phenoxy) is 2. The molecule has 2 aromatic carbocycles. The van der Waals surface area contributed by atoms with Gasteiger partial charge in [-0.15, -0.1) is 0 Å². The molecule has 0 spiro atoms. The van der Waals surface area contributed by atoms with Crippen molar-refractivity contribution in [3.63, 3.8) is 0 Å². The molecule has 33 heavy (non-hydrogen) atoms. The molecular formula is C26H29N3O4. The minimum atomic E-state index is -0.552. The maximum atomic E-state index is 13.7. The predicted octanol–water partition coefficient (Wildman–Crippen LogP) is 3.67. The highest BCUT2D eigenvalue weighted by Gasteiger charge is 2.49. The topological polar surface area (TPSA) is 74.9 Å². The number of methoxy groups -OCH3 is 2. The lowest BCUT2D eigenvalue weighted by molar-refractivity contribution is -0.160. The van der Waals surface area contributed by atoms with Gasteiger partial charge >= 0.3 is 0 Å². The van der Waals surface area contributed by atoms with Gasteiger partial charge in [0.05, 0.1) is 14.2 Å². The van der Waals surface area contributed by atoms with Crippen molar-refractivity contribution in [2.45, 2.75) is 44.8 Å². The Morgan fingerprint density at radius 3 is 2.64 bits per heavy atom. The Morgan fingerprint density at radius 1 is 1.12 bits per heavy atom. The number of carbonyl (C=O) groups excluding carboxylic acids is 2. The molecule has 1 saturated heterocycles.